The predicted molar refractivity (Wildman–Crippen MR) is 61.8 cm³/mol. The standard InChI is InChI=1S/C13H18FNO/c1-9(15)11-5-6-12(14)13(7-11)16-8-10-3-2-4-10/h5-7,9-10H,2-4,8,15H2,1H3/t9-/m1/s1. The van der Waals surface area contributed by atoms with Crippen LogP contribution in [0.25, 0.3) is 0 Å². The molecule has 0 spiro atoms. The van der Waals surface area contributed by atoms with Gasteiger partial charge in [-0.15, -0.1) is 0 Å². The monoisotopic (exact) mass is 223 g/mol. The molecular weight excluding hydrogens is 205 g/mol. The molecule has 1 aliphatic rings. The van der Waals surface area contributed by atoms with Crippen LogP contribution >= 0.6 is 0 Å². The summed E-state index contributed by atoms with van der Waals surface area (Å²) in [6.45, 7) is 2.50. The van der Waals surface area contributed by atoms with Crippen LogP contribution in [0, 0.1) is 11.7 Å². The summed E-state index contributed by atoms with van der Waals surface area (Å²) in [7, 11) is 0. The Morgan fingerprint density at radius 1 is 1.50 bits per heavy atom. The molecule has 16 heavy (non-hydrogen) atoms. The molecule has 0 aromatic heterocycles. The van der Waals surface area contributed by atoms with E-state index in [9.17, 15) is 4.39 Å². The average molecular weight is 223 g/mol. The third-order valence-electron chi connectivity index (χ3n) is 3.18. The first kappa shape index (κ1) is 11.4. The second-order valence-electron chi connectivity index (χ2n) is 4.59. The van der Waals surface area contributed by atoms with Gasteiger partial charge in [0, 0.05) is 6.04 Å². The van der Waals surface area contributed by atoms with E-state index in [0.29, 0.717) is 18.3 Å². The van der Waals surface area contributed by atoms with Gasteiger partial charge in [-0.05, 0) is 43.4 Å². The first-order valence-corrected chi connectivity index (χ1v) is 5.84. The summed E-state index contributed by atoms with van der Waals surface area (Å²) in [5.74, 6) is 0.642. The van der Waals surface area contributed by atoms with Crippen LogP contribution in [0.3, 0.4) is 0 Å². The van der Waals surface area contributed by atoms with Gasteiger partial charge in [0.1, 0.15) is 0 Å². The number of hydrogen-bond donors (Lipinski definition) is 1. The largest absolute Gasteiger partial charge is 0.490 e. The molecule has 1 aromatic rings. The van der Waals surface area contributed by atoms with Crippen LogP contribution in [0.4, 0.5) is 4.39 Å². The second-order valence-corrected chi connectivity index (χ2v) is 4.59. The molecule has 2 N–H and O–H groups in total. The Balaban J connectivity index is 2.02. The van der Waals surface area contributed by atoms with E-state index in [0.717, 1.165) is 5.56 Å². The van der Waals surface area contributed by atoms with Crippen molar-refractivity contribution in [2.24, 2.45) is 11.7 Å². The van der Waals surface area contributed by atoms with E-state index < -0.39 is 0 Å². The molecule has 3 heteroatoms. The van der Waals surface area contributed by atoms with Crippen molar-refractivity contribution in [1.82, 2.24) is 0 Å². The summed E-state index contributed by atoms with van der Waals surface area (Å²) < 4.78 is 18.9. The number of halogens is 1. The van der Waals surface area contributed by atoms with E-state index in [1.807, 2.05) is 6.92 Å². The molecular formula is C13H18FNO. The third-order valence-corrected chi connectivity index (χ3v) is 3.18. The fourth-order valence-electron chi connectivity index (χ4n) is 1.78. The van der Waals surface area contributed by atoms with E-state index in [2.05, 4.69) is 0 Å². The topological polar surface area (TPSA) is 35.2 Å². The lowest BCUT2D eigenvalue weighted by Gasteiger charge is -2.25. The lowest BCUT2D eigenvalue weighted by atomic mass is 9.86. The van der Waals surface area contributed by atoms with Crippen molar-refractivity contribution >= 4 is 0 Å². The molecule has 0 saturated heterocycles. The van der Waals surface area contributed by atoms with Gasteiger partial charge in [-0.3, -0.25) is 0 Å². The molecule has 1 atom stereocenters. The second kappa shape index (κ2) is 4.83. The van der Waals surface area contributed by atoms with Gasteiger partial charge in [0.05, 0.1) is 6.61 Å². The molecule has 88 valence electrons. The molecule has 1 saturated carbocycles. The zero-order valence-corrected chi connectivity index (χ0v) is 9.58. The average Bonchev–Trinajstić information content (AvgIpc) is 2.18. The van der Waals surface area contributed by atoms with Gasteiger partial charge in [-0.2, -0.15) is 0 Å². The first-order valence-electron chi connectivity index (χ1n) is 5.84. The Kier molecular flexibility index (Phi) is 3.44. The van der Waals surface area contributed by atoms with Gasteiger partial charge in [-0.1, -0.05) is 12.5 Å². The van der Waals surface area contributed by atoms with Crippen LogP contribution in [0.5, 0.6) is 5.75 Å². The lowest BCUT2D eigenvalue weighted by molar-refractivity contribution is 0.175. The van der Waals surface area contributed by atoms with Crippen molar-refractivity contribution in [2.75, 3.05) is 6.61 Å². The minimum absolute atomic E-state index is 0.0911. The fraction of sp³-hybridized carbons (Fsp3) is 0.538. The first-order chi connectivity index (χ1) is 7.66. The molecule has 2 rings (SSSR count). The van der Waals surface area contributed by atoms with E-state index >= 15 is 0 Å². The molecule has 0 heterocycles. The van der Waals surface area contributed by atoms with Crippen molar-refractivity contribution in [3.63, 3.8) is 0 Å². The van der Waals surface area contributed by atoms with Gasteiger partial charge in [0.25, 0.3) is 0 Å². The van der Waals surface area contributed by atoms with Gasteiger partial charge >= 0.3 is 0 Å². The quantitative estimate of drug-likeness (QED) is 0.851. The summed E-state index contributed by atoms with van der Waals surface area (Å²) >= 11 is 0. The van der Waals surface area contributed by atoms with E-state index in [-0.39, 0.29) is 11.9 Å². The highest BCUT2D eigenvalue weighted by atomic mass is 19.1. The summed E-state index contributed by atoms with van der Waals surface area (Å²) in [5.41, 5.74) is 6.66. The van der Waals surface area contributed by atoms with Crippen molar-refractivity contribution in [1.29, 1.82) is 0 Å². The Bertz CT molecular complexity index is 361. The Morgan fingerprint density at radius 3 is 2.81 bits per heavy atom. The highest BCUT2D eigenvalue weighted by molar-refractivity contribution is 5.31. The molecule has 1 fully saturated rings. The molecule has 1 aliphatic carbocycles. The predicted octanol–water partition coefficient (Wildman–Crippen LogP) is 3.02. The van der Waals surface area contributed by atoms with Gasteiger partial charge in [0.15, 0.2) is 11.6 Å². The molecule has 0 radical (unpaired) electrons. The maximum Gasteiger partial charge on any atom is 0.165 e. The third kappa shape index (κ3) is 2.53. The van der Waals surface area contributed by atoms with Crippen molar-refractivity contribution in [2.45, 2.75) is 32.2 Å². The normalized spacial score (nSPS) is 17.9. The van der Waals surface area contributed by atoms with Crippen molar-refractivity contribution in [3.8, 4) is 5.75 Å². The van der Waals surface area contributed by atoms with Crippen LogP contribution in [0.15, 0.2) is 18.2 Å². The van der Waals surface area contributed by atoms with E-state index in [1.165, 1.54) is 25.3 Å². The molecule has 0 bridgehead atoms. The summed E-state index contributed by atoms with van der Waals surface area (Å²) in [6, 6.07) is 4.75. The van der Waals surface area contributed by atoms with Crippen LogP contribution < -0.4 is 10.5 Å². The number of nitrogens with two attached hydrogens (primary N) is 1. The molecule has 0 unspecified atom stereocenters. The zero-order chi connectivity index (χ0) is 11.5. The van der Waals surface area contributed by atoms with Gasteiger partial charge < -0.3 is 10.5 Å². The van der Waals surface area contributed by atoms with E-state index in [1.54, 1.807) is 12.1 Å². The highest BCUT2D eigenvalue weighted by Gasteiger charge is 2.18. The zero-order valence-electron chi connectivity index (χ0n) is 9.58. The number of hydrogen-bond acceptors (Lipinski definition) is 2. The SMILES string of the molecule is C[C@@H](N)c1ccc(F)c(OCC2CCC2)c1. The smallest absolute Gasteiger partial charge is 0.165 e. The van der Waals surface area contributed by atoms with Crippen molar-refractivity contribution < 1.29 is 9.13 Å². The summed E-state index contributed by atoms with van der Waals surface area (Å²) in [5, 5.41) is 0. The summed E-state index contributed by atoms with van der Waals surface area (Å²) in [6.07, 6.45) is 3.68. The van der Waals surface area contributed by atoms with Crippen LogP contribution in [0.1, 0.15) is 37.8 Å². The Hall–Kier alpha value is -1.09. The maximum atomic E-state index is 13.4. The Labute approximate surface area is 95.6 Å². The highest BCUT2D eigenvalue weighted by Crippen LogP contribution is 2.28. The number of rotatable bonds is 4. The van der Waals surface area contributed by atoms with Gasteiger partial charge in [-0.25, -0.2) is 4.39 Å². The Morgan fingerprint density at radius 2 is 2.25 bits per heavy atom. The fourth-order valence-corrected chi connectivity index (χ4v) is 1.78. The van der Waals surface area contributed by atoms with Crippen LogP contribution in [-0.4, -0.2) is 6.61 Å². The molecule has 2 nitrogen and oxygen atoms in total. The minimum atomic E-state index is -0.302. The molecule has 0 aliphatic heterocycles. The molecule has 0 amide bonds. The maximum absolute atomic E-state index is 13.4. The van der Waals surface area contributed by atoms with Crippen molar-refractivity contribution in [3.05, 3.63) is 29.6 Å². The van der Waals surface area contributed by atoms with E-state index in [4.69, 9.17) is 10.5 Å². The lowest BCUT2D eigenvalue weighted by Crippen LogP contribution is -2.19. The number of ether oxygens (including phenoxy) is 1. The minimum Gasteiger partial charge on any atom is -0.490 e. The molecule has 1 aromatic carbocycles. The number of benzene rings is 1. The van der Waals surface area contributed by atoms with Crippen LogP contribution in [-0.2, 0) is 0 Å². The van der Waals surface area contributed by atoms with Crippen LogP contribution in [0.2, 0.25) is 0 Å². The summed E-state index contributed by atoms with van der Waals surface area (Å²) in [4.78, 5) is 0. The van der Waals surface area contributed by atoms with Gasteiger partial charge in [0.2, 0.25) is 0 Å².